The maximum atomic E-state index is 13.1. The van der Waals surface area contributed by atoms with Gasteiger partial charge in [-0.15, -0.1) is 0 Å². The lowest BCUT2D eigenvalue weighted by atomic mass is 10.1. The Morgan fingerprint density at radius 3 is 2.67 bits per heavy atom. The lowest BCUT2D eigenvalue weighted by Gasteiger charge is -2.15. The molecule has 0 unspecified atom stereocenters. The first kappa shape index (κ1) is 17.5. The summed E-state index contributed by atoms with van der Waals surface area (Å²) in [6.45, 7) is 2.41. The predicted octanol–water partition coefficient (Wildman–Crippen LogP) is 3.43. The number of fused-ring (bicyclic) bond motifs is 1. The minimum absolute atomic E-state index is 0.173. The van der Waals surface area contributed by atoms with Crippen LogP contribution in [0.3, 0.4) is 0 Å². The zero-order valence-corrected chi connectivity index (χ0v) is 15.4. The molecule has 3 aromatic rings. The molecule has 138 valence electrons. The molecule has 1 aliphatic rings. The van der Waals surface area contributed by atoms with E-state index in [0.29, 0.717) is 12.2 Å². The number of aryl methyl sites for hydroxylation is 1. The van der Waals surface area contributed by atoms with Gasteiger partial charge in [0.1, 0.15) is 11.2 Å². The zero-order valence-electron chi connectivity index (χ0n) is 15.4. The maximum Gasteiger partial charge on any atom is 0.265 e. The zero-order chi connectivity index (χ0) is 18.8. The smallest absolute Gasteiger partial charge is 0.265 e. The highest BCUT2D eigenvalue weighted by Gasteiger charge is 2.21. The number of hydrogen-bond acceptors (Lipinski definition) is 3. The second-order valence-electron chi connectivity index (χ2n) is 7.31. The number of aromatic nitrogens is 2. The van der Waals surface area contributed by atoms with Crippen LogP contribution in [-0.4, -0.2) is 21.5 Å². The summed E-state index contributed by atoms with van der Waals surface area (Å²) in [5.74, 6) is -0.282. The largest absolute Gasteiger partial charge is 0.349 e. The molecule has 0 radical (unpaired) electrons. The van der Waals surface area contributed by atoms with Crippen molar-refractivity contribution in [2.24, 2.45) is 0 Å². The number of rotatable bonds is 4. The van der Waals surface area contributed by atoms with Gasteiger partial charge in [0.2, 0.25) is 0 Å². The fourth-order valence-corrected chi connectivity index (χ4v) is 3.73. The van der Waals surface area contributed by atoms with Crippen molar-refractivity contribution in [1.82, 2.24) is 14.9 Å². The highest BCUT2D eigenvalue weighted by molar-refractivity contribution is 5.97. The number of nitrogens with zero attached hydrogens (tertiary/aromatic N) is 2. The lowest BCUT2D eigenvalue weighted by Crippen LogP contribution is -2.38. The van der Waals surface area contributed by atoms with E-state index in [1.165, 1.54) is 5.56 Å². The molecule has 1 fully saturated rings. The SMILES string of the molecule is Cc1ccc(Cn2c(=O)c(C(=O)NC3CCCC3)cc3cccnc32)cc1. The van der Waals surface area contributed by atoms with Crippen LogP contribution in [0.4, 0.5) is 0 Å². The van der Waals surface area contributed by atoms with Crippen LogP contribution in [0.5, 0.6) is 0 Å². The van der Waals surface area contributed by atoms with E-state index in [4.69, 9.17) is 0 Å². The Kier molecular flexibility index (Phi) is 4.75. The van der Waals surface area contributed by atoms with Crippen LogP contribution in [-0.2, 0) is 6.54 Å². The summed E-state index contributed by atoms with van der Waals surface area (Å²) in [6.07, 6.45) is 5.90. The van der Waals surface area contributed by atoms with E-state index < -0.39 is 0 Å². The van der Waals surface area contributed by atoms with Gasteiger partial charge in [-0.3, -0.25) is 14.2 Å². The maximum absolute atomic E-state index is 13.1. The van der Waals surface area contributed by atoms with Crippen molar-refractivity contribution in [2.75, 3.05) is 0 Å². The van der Waals surface area contributed by atoms with E-state index in [9.17, 15) is 9.59 Å². The Morgan fingerprint density at radius 1 is 1.19 bits per heavy atom. The van der Waals surface area contributed by atoms with Gasteiger partial charge in [0.05, 0.1) is 6.54 Å². The first-order valence-electron chi connectivity index (χ1n) is 9.47. The predicted molar refractivity (Wildman–Crippen MR) is 106 cm³/mol. The second kappa shape index (κ2) is 7.35. The van der Waals surface area contributed by atoms with E-state index in [2.05, 4.69) is 10.3 Å². The van der Waals surface area contributed by atoms with Gasteiger partial charge >= 0.3 is 0 Å². The normalized spacial score (nSPS) is 14.6. The van der Waals surface area contributed by atoms with Crippen molar-refractivity contribution in [3.63, 3.8) is 0 Å². The van der Waals surface area contributed by atoms with Gasteiger partial charge in [-0.1, -0.05) is 42.7 Å². The average Bonchev–Trinajstić information content (AvgIpc) is 3.18. The molecular formula is C22H23N3O2. The quantitative estimate of drug-likeness (QED) is 0.774. The van der Waals surface area contributed by atoms with Crippen LogP contribution in [0.15, 0.2) is 53.5 Å². The van der Waals surface area contributed by atoms with Crippen molar-refractivity contribution in [1.29, 1.82) is 0 Å². The van der Waals surface area contributed by atoms with Crippen LogP contribution in [0.2, 0.25) is 0 Å². The van der Waals surface area contributed by atoms with Crippen LogP contribution in [0.1, 0.15) is 47.2 Å². The molecular weight excluding hydrogens is 338 g/mol. The monoisotopic (exact) mass is 361 g/mol. The minimum atomic E-state index is -0.294. The first-order chi connectivity index (χ1) is 13.1. The molecule has 2 heterocycles. The van der Waals surface area contributed by atoms with Gasteiger partial charge in [-0.25, -0.2) is 4.98 Å². The molecule has 5 heteroatoms. The van der Waals surface area contributed by atoms with Crippen LogP contribution in [0.25, 0.3) is 11.0 Å². The molecule has 27 heavy (non-hydrogen) atoms. The third-order valence-electron chi connectivity index (χ3n) is 5.24. The van der Waals surface area contributed by atoms with E-state index in [0.717, 1.165) is 36.6 Å². The fraction of sp³-hybridized carbons (Fsp3) is 0.318. The fourth-order valence-electron chi connectivity index (χ4n) is 3.73. The number of hydrogen-bond donors (Lipinski definition) is 1. The van der Waals surface area contributed by atoms with Crippen molar-refractivity contribution in [3.8, 4) is 0 Å². The van der Waals surface area contributed by atoms with E-state index in [1.807, 2.05) is 43.3 Å². The van der Waals surface area contributed by atoms with Crippen molar-refractivity contribution >= 4 is 16.9 Å². The Hall–Kier alpha value is -2.95. The number of benzene rings is 1. The third kappa shape index (κ3) is 3.63. The average molecular weight is 361 g/mol. The van der Waals surface area contributed by atoms with Gasteiger partial charge in [0.15, 0.2) is 0 Å². The van der Waals surface area contributed by atoms with E-state index in [1.54, 1.807) is 16.8 Å². The van der Waals surface area contributed by atoms with Gasteiger partial charge in [0, 0.05) is 17.6 Å². The minimum Gasteiger partial charge on any atom is -0.349 e. The van der Waals surface area contributed by atoms with Crippen LogP contribution in [0, 0.1) is 6.92 Å². The molecule has 0 spiro atoms. The topological polar surface area (TPSA) is 64.0 Å². The first-order valence-corrected chi connectivity index (χ1v) is 9.47. The van der Waals surface area contributed by atoms with E-state index >= 15 is 0 Å². The molecule has 0 atom stereocenters. The summed E-state index contributed by atoms with van der Waals surface area (Å²) >= 11 is 0. The summed E-state index contributed by atoms with van der Waals surface area (Å²) in [5, 5.41) is 3.82. The number of amides is 1. The lowest BCUT2D eigenvalue weighted by molar-refractivity contribution is 0.0936. The number of nitrogens with one attached hydrogen (secondary N) is 1. The molecule has 1 saturated carbocycles. The highest BCUT2D eigenvalue weighted by Crippen LogP contribution is 2.19. The molecule has 0 bridgehead atoms. The summed E-state index contributed by atoms with van der Waals surface area (Å²) < 4.78 is 1.60. The summed E-state index contributed by atoms with van der Waals surface area (Å²) in [6, 6.07) is 13.6. The molecule has 0 saturated heterocycles. The van der Waals surface area contributed by atoms with Gasteiger partial charge in [-0.05, 0) is 43.5 Å². The van der Waals surface area contributed by atoms with Crippen molar-refractivity contribution < 1.29 is 4.79 Å². The van der Waals surface area contributed by atoms with E-state index in [-0.39, 0.29) is 23.1 Å². The molecule has 1 N–H and O–H groups in total. The molecule has 1 aromatic carbocycles. The van der Waals surface area contributed by atoms with Crippen molar-refractivity contribution in [2.45, 2.75) is 45.2 Å². The van der Waals surface area contributed by atoms with Gasteiger partial charge < -0.3 is 5.32 Å². The Bertz CT molecular complexity index is 1030. The number of carbonyl (C=O) groups excluding carboxylic acids is 1. The Morgan fingerprint density at radius 2 is 1.93 bits per heavy atom. The summed E-state index contributed by atoms with van der Waals surface area (Å²) in [7, 11) is 0. The molecule has 4 rings (SSSR count). The highest BCUT2D eigenvalue weighted by atomic mass is 16.2. The molecule has 5 nitrogen and oxygen atoms in total. The van der Waals surface area contributed by atoms with Gasteiger partial charge in [0.25, 0.3) is 11.5 Å². The Balaban J connectivity index is 1.76. The standard InChI is InChI=1S/C22H23N3O2/c1-15-8-10-16(11-9-15)14-25-20-17(5-4-12-23-20)13-19(22(25)27)21(26)24-18-6-2-3-7-18/h4-5,8-13,18H,2-3,6-7,14H2,1H3,(H,24,26). The summed E-state index contributed by atoms with van der Waals surface area (Å²) in [4.78, 5) is 30.3. The van der Waals surface area contributed by atoms with Crippen LogP contribution >= 0.6 is 0 Å². The molecule has 0 aliphatic heterocycles. The van der Waals surface area contributed by atoms with Gasteiger partial charge in [-0.2, -0.15) is 0 Å². The Labute approximate surface area is 158 Å². The van der Waals surface area contributed by atoms with Crippen molar-refractivity contribution in [3.05, 3.63) is 75.7 Å². The second-order valence-corrected chi connectivity index (χ2v) is 7.31. The summed E-state index contributed by atoms with van der Waals surface area (Å²) in [5.41, 5.74) is 2.66. The number of carbonyl (C=O) groups is 1. The number of pyridine rings is 2. The molecule has 2 aromatic heterocycles. The molecule has 1 aliphatic carbocycles. The third-order valence-corrected chi connectivity index (χ3v) is 5.24. The van der Waals surface area contributed by atoms with Crippen LogP contribution < -0.4 is 10.9 Å². The molecule has 1 amide bonds.